The molecule has 0 amide bonds. The number of hydrogen-bond donors (Lipinski definition) is 1. The van der Waals surface area contributed by atoms with Gasteiger partial charge in [0, 0.05) is 10.6 Å². The summed E-state index contributed by atoms with van der Waals surface area (Å²) < 4.78 is 0. The third-order valence-electron chi connectivity index (χ3n) is 1.21. The highest BCUT2D eigenvalue weighted by molar-refractivity contribution is 8.01. The Labute approximate surface area is 77.8 Å². The van der Waals surface area contributed by atoms with E-state index in [0.717, 1.165) is 12.2 Å². The molecule has 0 atom stereocenters. The molecule has 2 heteroatoms. The van der Waals surface area contributed by atoms with Gasteiger partial charge in [0.05, 0.1) is 0 Å². The molecule has 0 spiro atoms. The molecule has 0 heterocycles. The van der Waals surface area contributed by atoms with Gasteiger partial charge in [0.1, 0.15) is 0 Å². The maximum atomic E-state index is 4.12. The van der Waals surface area contributed by atoms with Crippen molar-refractivity contribution < 1.29 is 0 Å². The van der Waals surface area contributed by atoms with Gasteiger partial charge in [-0.2, -0.15) is 12.6 Å². The quantitative estimate of drug-likeness (QED) is 0.425. The van der Waals surface area contributed by atoms with Gasteiger partial charge in [-0.25, -0.2) is 0 Å². The van der Waals surface area contributed by atoms with Gasteiger partial charge in [0.2, 0.25) is 0 Å². The highest BCUT2D eigenvalue weighted by atomic mass is 32.2. The van der Waals surface area contributed by atoms with Crippen LogP contribution in [0.25, 0.3) is 0 Å². The van der Waals surface area contributed by atoms with Crippen molar-refractivity contribution in [2.45, 2.75) is 11.3 Å². The van der Waals surface area contributed by atoms with Gasteiger partial charge in [0.25, 0.3) is 0 Å². The van der Waals surface area contributed by atoms with Crippen LogP contribution in [0.1, 0.15) is 6.42 Å². The van der Waals surface area contributed by atoms with Crippen LogP contribution >= 0.6 is 24.4 Å². The van der Waals surface area contributed by atoms with E-state index in [9.17, 15) is 0 Å². The molecule has 0 bridgehead atoms. The highest BCUT2D eigenvalue weighted by Crippen LogP contribution is 2.21. The van der Waals surface area contributed by atoms with Crippen LogP contribution in [-0.4, -0.2) is 5.75 Å². The molecule has 0 unspecified atom stereocenters. The third kappa shape index (κ3) is 3.73. The second kappa shape index (κ2) is 5.56. The second-order valence-corrected chi connectivity index (χ2v) is 3.60. The van der Waals surface area contributed by atoms with Crippen molar-refractivity contribution in [3.05, 3.63) is 36.1 Å². The first-order chi connectivity index (χ1) is 5.43. The van der Waals surface area contributed by atoms with E-state index in [0.29, 0.717) is 0 Å². The van der Waals surface area contributed by atoms with Crippen LogP contribution in [0.4, 0.5) is 0 Å². The second-order valence-electron chi connectivity index (χ2n) is 2.11. The lowest BCUT2D eigenvalue weighted by Crippen LogP contribution is -1.73. The Balaban J connectivity index is 2.28. The zero-order valence-corrected chi connectivity index (χ0v) is 7.94. The number of hydrogen-bond acceptors (Lipinski definition) is 2. The lowest BCUT2D eigenvalue weighted by Gasteiger charge is -1.97. The van der Waals surface area contributed by atoms with Gasteiger partial charge in [-0.3, -0.25) is 0 Å². The minimum absolute atomic E-state index is 0.930. The Bertz CT molecular complexity index is 184. The fraction of sp³-hybridized carbons (Fsp3) is 0.222. The molecular formula is C9H11S2. The molecule has 59 valence electrons. The maximum absolute atomic E-state index is 4.12. The van der Waals surface area contributed by atoms with Crippen LogP contribution in [0.2, 0.25) is 0 Å². The lowest BCUT2D eigenvalue weighted by molar-refractivity contribution is 1.22. The molecule has 0 saturated heterocycles. The molecule has 0 saturated carbocycles. The molecule has 0 aliphatic carbocycles. The molecule has 0 nitrogen and oxygen atoms in total. The fourth-order valence-corrected chi connectivity index (χ4v) is 1.75. The molecular weight excluding hydrogens is 172 g/mol. The van der Waals surface area contributed by atoms with Crippen molar-refractivity contribution in [2.24, 2.45) is 0 Å². The molecule has 1 aromatic rings. The minimum Gasteiger partial charge on any atom is -0.179 e. The molecule has 1 aromatic carbocycles. The van der Waals surface area contributed by atoms with Gasteiger partial charge < -0.3 is 0 Å². The first-order valence-electron chi connectivity index (χ1n) is 3.57. The predicted octanol–water partition coefficient (Wildman–Crippen LogP) is 3.26. The predicted molar refractivity (Wildman–Crippen MR) is 55.1 cm³/mol. The minimum atomic E-state index is 0.930. The van der Waals surface area contributed by atoms with E-state index in [2.05, 4.69) is 42.6 Å². The van der Waals surface area contributed by atoms with Gasteiger partial charge in [-0.15, -0.1) is 11.8 Å². The summed E-state index contributed by atoms with van der Waals surface area (Å²) in [6, 6.07) is 10.4. The Morgan fingerprint density at radius 3 is 2.64 bits per heavy atom. The number of rotatable bonds is 4. The monoisotopic (exact) mass is 183 g/mol. The van der Waals surface area contributed by atoms with Crippen LogP contribution in [0.3, 0.4) is 0 Å². The number of thiol groups is 1. The number of thioether (sulfide) groups is 1. The van der Waals surface area contributed by atoms with Crippen molar-refractivity contribution in [2.75, 3.05) is 5.75 Å². The van der Waals surface area contributed by atoms with Gasteiger partial charge in [0.15, 0.2) is 0 Å². The summed E-state index contributed by atoms with van der Waals surface area (Å²) in [7, 11) is 0. The van der Waals surface area contributed by atoms with Crippen molar-refractivity contribution in [1.29, 1.82) is 0 Å². The zero-order chi connectivity index (χ0) is 7.94. The summed E-state index contributed by atoms with van der Waals surface area (Å²) in [4.78, 5) is 1.30. The SMILES string of the molecule is SCC[CH]Sc1ccccc1. The number of benzene rings is 1. The first-order valence-corrected chi connectivity index (χ1v) is 5.09. The van der Waals surface area contributed by atoms with Crippen LogP contribution in [0, 0.1) is 5.75 Å². The van der Waals surface area contributed by atoms with E-state index >= 15 is 0 Å². The Kier molecular flexibility index (Phi) is 4.55. The van der Waals surface area contributed by atoms with Crippen molar-refractivity contribution in [1.82, 2.24) is 0 Å². The van der Waals surface area contributed by atoms with E-state index in [1.165, 1.54) is 4.90 Å². The average molecular weight is 183 g/mol. The Hall–Kier alpha value is -0.0800. The zero-order valence-electron chi connectivity index (χ0n) is 6.23. The molecule has 0 aliphatic heterocycles. The van der Waals surface area contributed by atoms with E-state index < -0.39 is 0 Å². The molecule has 1 rings (SSSR count). The summed E-state index contributed by atoms with van der Waals surface area (Å²) in [6.07, 6.45) is 1.06. The summed E-state index contributed by atoms with van der Waals surface area (Å²) >= 11 is 5.89. The van der Waals surface area contributed by atoms with Crippen LogP contribution in [0.5, 0.6) is 0 Å². The van der Waals surface area contributed by atoms with E-state index in [-0.39, 0.29) is 0 Å². The first kappa shape index (κ1) is 9.01. The molecule has 11 heavy (non-hydrogen) atoms. The highest BCUT2D eigenvalue weighted by Gasteiger charge is 1.90. The Morgan fingerprint density at radius 2 is 2.00 bits per heavy atom. The van der Waals surface area contributed by atoms with E-state index in [1.807, 2.05) is 6.07 Å². The van der Waals surface area contributed by atoms with Crippen LogP contribution in [-0.2, 0) is 0 Å². The van der Waals surface area contributed by atoms with E-state index in [4.69, 9.17) is 0 Å². The third-order valence-corrected chi connectivity index (χ3v) is 2.41. The summed E-state index contributed by atoms with van der Waals surface area (Å²) in [6.45, 7) is 0. The smallest absolute Gasteiger partial charge is 0.0225 e. The van der Waals surface area contributed by atoms with E-state index in [1.54, 1.807) is 11.8 Å². The fourth-order valence-electron chi connectivity index (χ4n) is 0.707. The standard InChI is InChI=1S/C9H11S2/c10-7-4-8-11-9-5-2-1-3-6-9/h1-3,5-6,8,10H,4,7H2. The normalized spacial score (nSPS) is 9.91. The molecule has 0 N–H and O–H groups in total. The summed E-state index contributed by atoms with van der Waals surface area (Å²) in [5.41, 5.74) is 0. The average Bonchev–Trinajstić information content (AvgIpc) is 2.07. The lowest BCUT2D eigenvalue weighted by atomic mass is 10.4. The van der Waals surface area contributed by atoms with Gasteiger partial charge in [-0.05, 0) is 24.3 Å². The van der Waals surface area contributed by atoms with Crippen molar-refractivity contribution >= 4 is 24.4 Å². The molecule has 1 radical (unpaired) electrons. The van der Waals surface area contributed by atoms with Crippen LogP contribution < -0.4 is 0 Å². The van der Waals surface area contributed by atoms with Crippen molar-refractivity contribution in [3.63, 3.8) is 0 Å². The molecule has 0 fully saturated rings. The van der Waals surface area contributed by atoms with Gasteiger partial charge in [-0.1, -0.05) is 18.2 Å². The Morgan fingerprint density at radius 1 is 1.27 bits per heavy atom. The molecule has 0 aliphatic rings. The summed E-state index contributed by atoms with van der Waals surface area (Å²) in [5.74, 6) is 3.11. The summed E-state index contributed by atoms with van der Waals surface area (Å²) in [5, 5.41) is 0. The maximum Gasteiger partial charge on any atom is 0.0225 e. The largest absolute Gasteiger partial charge is 0.179 e. The van der Waals surface area contributed by atoms with Crippen molar-refractivity contribution in [3.8, 4) is 0 Å². The molecule has 0 aromatic heterocycles. The van der Waals surface area contributed by atoms with Gasteiger partial charge >= 0.3 is 0 Å². The topological polar surface area (TPSA) is 0 Å². The van der Waals surface area contributed by atoms with Crippen LogP contribution in [0.15, 0.2) is 35.2 Å².